The third kappa shape index (κ3) is 1.88. The summed E-state index contributed by atoms with van der Waals surface area (Å²) in [5.41, 5.74) is 1.39. The van der Waals surface area contributed by atoms with Crippen molar-refractivity contribution in [1.82, 2.24) is 14.6 Å². The first kappa shape index (κ1) is 10.6. The highest BCUT2D eigenvalue weighted by Gasteiger charge is 2.34. The van der Waals surface area contributed by atoms with Crippen LogP contribution >= 0.6 is 0 Å². The van der Waals surface area contributed by atoms with Crippen molar-refractivity contribution in [3.05, 3.63) is 24.4 Å². The fraction of sp³-hybridized carbons (Fsp3) is 0.538. The molecule has 90 valence electrons. The first-order chi connectivity index (χ1) is 8.31. The van der Waals surface area contributed by atoms with Crippen LogP contribution in [0, 0.1) is 5.41 Å². The zero-order valence-corrected chi connectivity index (χ0v) is 10.2. The minimum Gasteiger partial charge on any atom is -0.352 e. The van der Waals surface area contributed by atoms with Crippen molar-refractivity contribution in [2.24, 2.45) is 5.41 Å². The van der Waals surface area contributed by atoms with E-state index in [1.165, 1.54) is 25.7 Å². The van der Waals surface area contributed by atoms with E-state index in [0.717, 1.165) is 18.1 Å². The number of hydrogen-bond donors (Lipinski definition) is 1. The van der Waals surface area contributed by atoms with Crippen LogP contribution in [0.1, 0.15) is 32.6 Å². The molecule has 0 radical (unpaired) electrons. The molecular weight excluding hydrogens is 212 g/mol. The molecular formula is C13H18N4. The van der Waals surface area contributed by atoms with Crippen LogP contribution in [0.2, 0.25) is 0 Å². The van der Waals surface area contributed by atoms with E-state index >= 15 is 0 Å². The van der Waals surface area contributed by atoms with E-state index in [4.69, 9.17) is 0 Å². The first-order valence-electron chi connectivity index (χ1n) is 6.37. The van der Waals surface area contributed by atoms with Crippen molar-refractivity contribution >= 4 is 11.6 Å². The van der Waals surface area contributed by atoms with Gasteiger partial charge in [0.15, 0.2) is 5.65 Å². The van der Waals surface area contributed by atoms with Crippen LogP contribution in [0.25, 0.3) is 5.65 Å². The highest BCUT2D eigenvalue weighted by Crippen LogP contribution is 2.43. The van der Waals surface area contributed by atoms with Crippen LogP contribution in [0.5, 0.6) is 0 Å². The molecule has 17 heavy (non-hydrogen) atoms. The minimum absolute atomic E-state index is 0.498. The van der Waals surface area contributed by atoms with Crippen LogP contribution in [-0.4, -0.2) is 21.1 Å². The van der Waals surface area contributed by atoms with Crippen LogP contribution < -0.4 is 5.32 Å². The van der Waals surface area contributed by atoms with Gasteiger partial charge in [-0.15, -0.1) is 5.10 Å². The first-order valence-corrected chi connectivity index (χ1v) is 6.37. The van der Waals surface area contributed by atoms with E-state index in [1.54, 1.807) is 0 Å². The normalized spacial score (nSPS) is 17.9. The van der Waals surface area contributed by atoms with Crippen LogP contribution in [0.3, 0.4) is 0 Å². The van der Waals surface area contributed by atoms with Gasteiger partial charge in [0.25, 0.3) is 0 Å². The van der Waals surface area contributed by atoms with Gasteiger partial charge in [-0.1, -0.05) is 19.4 Å². The molecule has 4 heteroatoms. The summed E-state index contributed by atoms with van der Waals surface area (Å²) in [7, 11) is 0. The average Bonchev–Trinajstić information content (AvgIpc) is 2.71. The fourth-order valence-corrected chi connectivity index (χ4v) is 2.51. The molecule has 1 saturated carbocycles. The summed E-state index contributed by atoms with van der Waals surface area (Å²) in [5.74, 6) is 0.746. The molecule has 1 fully saturated rings. The van der Waals surface area contributed by atoms with Gasteiger partial charge in [0.1, 0.15) is 0 Å². The quantitative estimate of drug-likeness (QED) is 0.878. The van der Waals surface area contributed by atoms with E-state index in [1.807, 2.05) is 28.9 Å². The van der Waals surface area contributed by atoms with E-state index < -0.39 is 0 Å². The van der Waals surface area contributed by atoms with Crippen molar-refractivity contribution < 1.29 is 0 Å². The Labute approximate surface area is 101 Å². The largest absolute Gasteiger partial charge is 0.352 e. The van der Waals surface area contributed by atoms with E-state index in [9.17, 15) is 0 Å². The van der Waals surface area contributed by atoms with E-state index in [-0.39, 0.29) is 0 Å². The monoisotopic (exact) mass is 230 g/mol. The zero-order valence-electron chi connectivity index (χ0n) is 10.2. The molecule has 0 atom stereocenters. The van der Waals surface area contributed by atoms with Gasteiger partial charge in [-0.05, 0) is 36.8 Å². The van der Waals surface area contributed by atoms with Crippen molar-refractivity contribution in [2.75, 3.05) is 11.9 Å². The molecule has 4 nitrogen and oxygen atoms in total. The number of anilines is 1. The lowest BCUT2D eigenvalue weighted by atomic mass is 9.67. The summed E-state index contributed by atoms with van der Waals surface area (Å²) in [5, 5.41) is 7.79. The molecule has 2 heterocycles. The lowest BCUT2D eigenvalue weighted by Crippen LogP contribution is -2.36. The van der Waals surface area contributed by atoms with Crippen LogP contribution in [0.15, 0.2) is 24.4 Å². The topological polar surface area (TPSA) is 42.2 Å². The predicted molar refractivity (Wildman–Crippen MR) is 68.1 cm³/mol. The highest BCUT2D eigenvalue weighted by molar-refractivity contribution is 5.42. The third-order valence-corrected chi connectivity index (χ3v) is 4.03. The zero-order chi connectivity index (χ0) is 11.7. The Balaban J connectivity index is 1.72. The van der Waals surface area contributed by atoms with Gasteiger partial charge in [-0.3, -0.25) is 0 Å². The maximum absolute atomic E-state index is 4.45. The van der Waals surface area contributed by atoms with Gasteiger partial charge in [-0.2, -0.15) is 4.98 Å². The molecule has 3 rings (SSSR count). The summed E-state index contributed by atoms with van der Waals surface area (Å²) >= 11 is 0. The lowest BCUT2D eigenvalue weighted by molar-refractivity contribution is 0.144. The van der Waals surface area contributed by atoms with E-state index in [0.29, 0.717) is 5.41 Å². The molecule has 1 aliphatic rings. The number of rotatable bonds is 4. The van der Waals surface area contributed by atoms with E-state index in [2.05, 4.69) is 22.3 Å². The summed E-state index contributed by atoms with van der Waals surface area (Å²) in [4.78, 5) is 4.45. The number of aromatic nitrogens is 3. The molecule has 0 bridgehead atoms. The fourth-order valence-electron chi connectivity index (χ4n) is 2.51. The highest BCUT2D eigenvalue weighted by atomic mass is 15.3. The molecule has 0 unspecified atom stereocenters. The second kappa shape index (κ2) is 4.02. The average molecular weight is 230 g/mol. The Kier molecular flexibility index (Phi) is 2.50. The minimum atomic E-state index is 0.498. The number of fused-ring (bicyclic) bond motifs is 1. The summed E-state index contributed by atoms with van der Waals surface area (Å²) < 4.78 is 1.81. The van der Waals surface area contributed by atoms with Crippen molar-refractivity contribution in [3.63, 3.8) is 0 Å². The lowest BCUT2D eigenvalue weighted by Gasteiger charge is -2.41. The Morgan fingerprint density at radius 2 is 2.29 bits per heavy atom. The molecule has 1 aliphatic carbocycles. The Morgan fingerprint density at radius 3 is 2.94 bits per heavy atom. The molecule has 0 aliphatic heterocycles. The Hall–Kier alpha value is -1.58. The molecule has 0 spiro atoms. The number of hydrogen-bond acceptors (Lipinski definition) is 3. The van der Waals surface area contributed by atoms with Gasteiger partial charge in [0.05, 0.1) is 0 Å². The molecule has 2 aromatic rings. The van der Waals surface area contributed by atoms with Crippen LogP contribution in [-0.2, 0) is 0 Å². The number of nitrogens with one attached hydrogen (secondary N) is 1. The van der Waals surface area contributed by atoms with Crippen molar-refractivity contribution in [3.8, 4) is 0 Å². The standard InChI is InChI=1S/C13H18N4/c1-2-13(7-5-8-13)10-14-12-15-11-6-3-4-9-17(11)16-12/h3-4,6,9H,2,5,7-8,10H2,1H3,(H,14,16). The summed E-state index contributed by atoms with van der Waals surface area (Å²) in [6.07, 6.45) is 7.21. The summed E-state index contributed by atoms with van der Waals surface area (Å²) in [6, 6.07) is 5.91. The van der Waals surface area contributed by atoms with Crippen molar-refractivity contribution in [1.29, 1.82) is 0 Å². The molecule has 0 saturated heterocycles. The number of nitrogens with zero attached hydrogens (tertiary/aromatic N) is 3. The van der Waals surface area contributed by atoms with Crippen molar-refractivity contribution in [2.45, 2.75) is 32.6 Å². The molecule has 0 amide bonds. The smallest absolute Gasteiger partial charge is 0.243 e. The Bertz CT molecular complexity index is 474. The van der Waals surface area contributed by atoms with Gasteiger partial charge < -0.3 is 5.32 Å². The second-order valence-electron chi connectivity index (χ2n) is 5.00. The molecule has 1 N–H and O–H groups in total. The maximum Gasteiger partial charge on any atom is 0.243 e. The van der Waals surface area contributed by atoms with Gasteiger partial charge in [0, 0.05) is 12.7 Å². The Morgan fingerprint density at radius 1 is 1.41 bits per heavy atom. The van der Waals surface area contributed by atoms with Crippen LogP contribution in [0.4, 0.5) is 5.95 Å². The van der Waals surface area contributed by atoms with Gasteiger partial charge >= 0.3 is 0 Å². The SMILES string of the molecule is CCC1(CNc2nc3ccccn3n2)CCC1. The van der Waals surface area contributed by atoms with Gasteiger partial charge in [-0.25, -0.2) is 4.52 Å². The van der Waals surface area contributed by atoms with Gasteiger partial charge in [0.2, 0.25) is 5.95 Å². The predicted octanol–water partition coefficient (Wildman–Crippen LogP) is 2.72. The second-order valence-corrected chi connectivity index (χ2v) is 5.00. The molecule has 2 aromatic heterocycles. The maximum atomic E-state index is 4.45. The number of pyridine rings is 1. The third-order valence-electron chi connectivity index (χ3n) is 4.03. The molecule has 0 aromatic carbocycles. The summed E-state index contributed by atoms with van der Waals surface area (Å²) in [6.45, 7) is 3.28.